The van der Waals surface area contributed by atoms with Gasteiger partial charge in [-0.15, -0.1) is 0 Å². The second-order valence-electron chi connectivity index (χ2n) is 5.22. The van der Waals surface area contributed by atoms with Gasteiger partial charge in [0.05, 0.1) is 6.61 Å². The van der Waals surface area contributed by atoms with Crippen LogP contribution in [0.25, 0.3) is 10.8 Å². The third-order valence-electron chi connectivity index (χ3n) is 3.52. The zero-order chi connectivity index (χ0) is 14.9. The molecule has 2 rings (SSSR count). The highest BCUT2D eigenvalue weighted by atomic mass is 16.5. The van der Waals surface area contributed by atoms with Crippen LogP contribution in [0.15, 0.2) is 36.4 Å². The zero-order valence-corrected chi connectivity index (χ0v) is 12.8. The topological polar surface area (TPSA) is 41.5 Å². The molecule has 0 saturated heterocycles. The van der Waals surface area contributed by atoms with Crippen LogP contribution >= 0.6 is 0 Å². The SMILES string of the molecule is CCCOc1ccc2ccccc2c1CNCCCCO. The summed E-state index contributed by atoms with van der Waals surface area (Å²) in [6.07, 6.45) is 2.85. The molecule has 2 N–H and O–H groups in total. The number of hydrogen-bond donors (Lipinski definition) is 2. The molecule has 3 nitrogen and oxygen atoms in total. The predicted molar refractivity (Wildman–Crippen MR) is 87.8 cm³/mol. The van der Waals surface area contributed by atoms with E-state index in [-0.39, 0.29) is 6.61 Å². The molecule has 2 aromatic rings. The van der Waals surface area contributed by atoms with Crippen molar-refractivity contribution in [3.63, 3.8) is 0 Å². The van der Waals surface area contributed by atoms with Crippen LogP contribution in [-0.2, 0) is 6.54 Å². The van der Waals surface area contributed by atoms with Crippen molar-refractivity contribution < 1.29 is 9.84 Å². The maximum absolute atomic E-state index is 8.82. The maximum Gasteiger partial charge on any atom is 0.124 e. The molecule has 0 aliphatic carbocycles. The molecule has 0 saturated carbocycles. The molecular formula is C18H25NO2. The highest BCUT2D eigenvalue weighted by Crippen LogP contribution is 2.28. The Hall–Kier alpha value is -1.58. The zero-order valence-electron chi connectivity index (χ0n) is 12.8. The number of nitrogens with one attached hydrogen (secondary N) is 1. The van der Waals surface area contributed by atoms with E-state index in [9.17, 15) is 0 Å². The van der Waals surface area contributed by atoms with Gasteiger partial charge in [-0.05, 0) is 42.6 Å². The van der Waals surface area contributed by atoms with E-state index in [4.69, 9.17) is 9.84 Å². The van der Waals surface area contributed by atoms with Gasteiger partial charge in [0, 0.05) is 18.7 Å². The molecular weight excluding hydrogens is 262 g/mol. The largest absolute Gasteiger partial charge is 0.493 e. The molecule has 0 amide bonds. The molecule has 0 spiro atoms. The van der Waals surface area contributed by atoms with Crippen molar-refractivity contribution in [3.8, 4) is 5.75 Å². The van der Waals surface area contributed by atoms with Crippen molar-refractivity contribution in [1.82, 2.24) is 5.32 Å². The van der Waals surface area contributed by atoms with Crippen molar-refractivity contribution >= 4 is 10.8 Å². The van der Waals surface area contributed by atoms with E-state index in [1.807, 2.05) is 0 Å². The molecule has 0 atom stereocenters. The minimum absolute atomic E-state index is 0.265. The van der Waals surface area contributed by atoms with Gasteiger partial charge in [-0.25, -0.2) is 0 Å². The van der Waals surface area contributed by atoms with Crippen molar-refractivity contribution in [2.75, 3.05) is 19.8 Å². The van der Waals surface area contributed by atoms with Crippen LogP contribution in [0.1, 0.15) is 31.7 Å². The number of unbranched alkanes of at least 4 members (excludes halogenated alkanes) is 1. The summed E-state index contributed by atoms with van der Waals surface area (Å²) in [6, 6.07) is 12.6. The number of aliphatic hydroxyl groups excluding tert-OH is 1. The van der Waals surface area contributed by atoms with E-state index < -0.39 is 0 Å². The molecule has 0 aromatic heterocycles. The first kappa shape index (κ1) is 15.8. The van der Waals surface area contributed by atoms with Crippen LogP contribution in [0.3, 0.4) is 0 Å². The number of hydrogen-bond acceptors (Lipinski definition) is 3. The molecule has 0 fully saturated rings. The maximum atomic E-state index is 8.82. The summed E-state index contributed by atoms with van der Waals surface area (Å²) in [5.41, 5.74) is 1.23. The van der Waals surface area contributed by atoms with Gasteiger partial charge >= 0.3 is 0 Å². The van der Waals surface area contributed by atoms with E-state index >= 15 is 0 Å². The van der Waals surface area contributed by atoms with E-state index in [1.165, 1.54) is 16.3 Å². The minimum Gasteiger partial charge on any atom is -0.493 e. The van der Waals surface area contributed by atoms with Gasteiger partial charge < -0.3 is 15.2 Å². The van der Waals surface area contributed by atoms with Gasteiger partial charge in [0.2, 0.25) is 0 Å². The summed E-state index contributed by atoms with van der Waals surface area (Å²) < 4.78 is 5.89. The van der Waals surface area contributed by atoms with Gasteiger partial charge in [0.25, 0.3) is 0 Å². The van der Waals surface area contributed by atoms with E-state index in [1.54, 1.807) is 0 Å². The monoisotopic (exact) mass is 287 g/mol. The molecule has 3 heteroatoms. The minimum atomic E-state index is 0.265. The summed E-state index contributed by atoms with van der Waals surface area (Å²) in [7, 11) is 0. The first-order valence-electron chi connectivity index (χ1n) is 7.81. The Kier molecular flexibility index (Phi) is 6.51. The van der Waals surface area contributed by atoms with Gasteiger partial charge in [-0.1, -0.05) is 37.3 Å². The number of fused-ring (bicyclic) bond motifs is 1. The molecule has 0 unspecified atom stereocenters. The average molecular weight is 287 g/mol. The van der Waals surface area contributed by atoms with Gasteiger partial charge in [-0.3, -0.25) is 0 Å². The smallest absolute Gasteiger partial charge is 0.124 e. The summed E-state index contributed by atoms with van der Waals surface area (Å²) in [5.74, 6) is 0.977. The lowest BCUT2D eigenvalue weighted by atomic mass is 10.0. The van der Waals surface area contributed by atoms with Crippen molar-refractivity contribution in [2.24, 2.45) is 0 Å². The molecule has 0 bridgehead atoms. The van der Waals surface area contributed by atoms with Crippen LogP contribution in [0.2, 0.25) is 0 Å². The molecule has 0 radical (unpaired) electrons. The number of benzene rings is 2. The third kappa shape index (κ3) is 4.45. The fourth-order valence-electron chi connectivity index (χ4n) is 2.42. The van der Waals surface area contributed by atoms with Crippen LogP contribution in [0, 0.1) is 0 Å². The Morgan fingerprint density at radius 2 is 1.95 bits per heavy atom. The lowest BCUT2D eigenvalue weighted by Crippen LogP contribution is -2.16. The molecule has 2 aromatic carbocycles. The Labute approximate surface area is 126 Å². The van der Waals surface area contributed by atoms with Crippen molar-refractivity contribution in [2.45, 2.75) is 32.7 Å². The van der Waals surface area contributed by atoms with Crippen LogP contribution < -0.4 is 10.1 Å². The highest BCUT2D eigenvalue weighted by Gasteiger charge is 2.08. The van der Waals surface area contributed by atoms with E-state index in [0.29, 0.717) is 0 Å². The fourth-order valence-corrected chi connectivity index (χ4v) is 2.42. The lowest BCUT2D eigenvalue weighted by Gasteiger charge is -2.14. The lowest BCUT2D eigenvalue weighted by molar-refractivity contribution is 0.283. The quantitative estimate of drug-likeness (QED) is 0.694. The Balaban J connectivity index is 2.15. The van der Waals surface area contributed by atoms with Gasteiger partial charge in [-0.2, -0.15) is 0 Å². The summed E-state index contributed by atoms with van der Waals surface area (Å²) in [6.45, 7) is 4.84. The standard InChI is InChI=1S/C18H25NO2/c1-2-13-21-18-10-9-15-7-3-4-8-16(15)17(18)14-19-11-5-6-12-20/h3-4,7-10,19-20H,2,5-6,11-14H2,1H3. The van der Waals surface area contributed by atoms with Gasteiger partial charge in [0.1, 0.15) is 5.75 Å². The number of ether oxygens (including phenoxy) is 1. The number of aliphatic hydroxyl groups is 1. The Morgan fingerprint density at radius 3 is 2.76 bits per heavy atom. The number of rotatable bonds is 9. The Bertz CT molecular complexity index is 554. The Morgan fingerprint density at radius 1 is 1.10 bits per heavy atom. The van der Waals surface area contributed by atoms with E-state index in [2.05, 4.69) is 48.6 Å². The van der Waals surface area contributed by atoms with Crippen LogP contribution in [0.4, 0.5) is 0 Å². The summed E-state index contributed by atoms with van der Waals surface area (Å²) >= 11 is 0. The molecule has 21 heavy (non-hydrogen) atoms. The van der Waals surface area contributed by atoms with Crippen LogP contribution in [0.5, 0.6) is 5.75 Å². The third-order valence-corrected chi connectivity index (χ3v) is 3.52. The van der Waals surface area contributed by atoms with Crippen molar-refractivity contribution in [3.05, 3.63) is 42.0 Å². The second kappa shape index (κ2) is 8.65. The molecule has 114 valence electrons. The second-order valence-corrected chi connectivity index (χ2v) is 5.22. The first-order valence-corrected chi connectivity index (χ1v) is 7.81. The molecule has 0 aliphatic heterocycles. The van der Waals surface area contributed by atoms with E-state index in [0.717, 1.165) is 44.7 Å². The summed E-state index contributed by atoms with van der Waals surface area (Å²) in [4.78, 5) is 0. The fraction of sp³-hybridized carbons (Fsp3) is 0.444. The highest BCUT2D eigenvalue weighted by molar-refractivity contribution is 5.87. The van der Waals surface area contributed by atoms with Crippen molar-refractivity contribution in [1.29, 1.82) is 0 Å². The normalized spacial score (nSPS) is 11.0. The van der Waals surface area contributed by atoms with Gasteiger partial charge in [0.15, 0.2) is 0 Å². The molecule has 0 heterocycles. The first-order chi connectivity index (χ1) is 10.4. The molecule has 0 aliphatic rings. The predicted octanol–water partition coefficient (Wildman–Crippen LogP) is 3.49. The summed E-state index contributed by atoms with van der Waals surface area (Å²) in [5, 5.41) is 14.8. The van der Waals surface area contributed by atoms with Crippen LogP contribution in [-0.4, -0.2) is 24.9 Å². The average Bonchev–Trinajstić information content (AvgIpc) is 2.53.